The van der Waals surface area contributed by atoms with Gasteiger partial charge in [-0.1, -0.05) is 12.1 Å². The number of aromatic nitrogens is 1. The molecule has 1 heterocycles. The summed E-state index contributed by atoms with van der Waals surface area (Å²) in [5.41, 5.74) is 2.01. The number of carbonyl (C=O) groups excluding carboxylic acids is 1. The number of rotatable bonds is 4. The zero-order valence-corrected chi connectivity index (χ0v) is 8.89. The van der Waals surface area contributed by atoms with Crippen molar-refractivity contribution in [3.05, 3.63) is 17.0 Å². The van der Waals surface area contributed by atoms with Crippen molar-refractivity contribution in [3.63, 3.8) is 0 Å². The van der Waals surface area contributed by atoms with Crippen LogP contribution in [0.4, 0.5) is 0 Å². The summed E-state index contributed by atoms with van der Waals surface area (Å²) in [6, 6.07) is 0. The molecule has 0 aliphatic rings. The first-order valence-corrected chi connectivity index (χ1v) is 4.83. The minimum Gasteiger partial charge on any atom is -0.361 e. The Labute approximate surface area is 83.7 Å². The van der Waals surface area contributed by atoms with E-state index in [0.29, 0.717) is 13.0 Å². The van der Waals surface area contributed by atoms with Gasteiger partial charge >= 0.3 is 0 Å². The van der Waals surface area contributed by atoms with Crippen molar-refractivity contribution in [2.24, 2.45) is 0 Å². The highest BCUT2D eigenvalue weighted by Gasteiger charge is 2.08. The lowest BCUT2D eigenvalue weighted by atomic mass is 10.1. The van der Waals surface area contributed by atoms with Gasteiger partial charge in [-0.05, 0) is 20.3 Å². The van der Waals surface area contributed by atoms with E-state index in [1.165, 1.54) is 0 Å². The van der Waals surface area contributed by atoms with Gasteiger partial charge in [-0.15, -0.1) is 0 Å². The van der Waals surface area contributed by atoms with Crippen LogP contribution in [0.5, 0.6) is 0 Å². The highest BCUT2D eigenvalue weighted by molar-refractivity contribution is 5.75. The third kappa shape index (κ3) is 2.58. The monoisotopic (exact) mass is 196 g/mol. The molecule has 4 nitrogen and oxygen atoms in total. The lowest BCUT2D eigenvalue weighted by molar-refractivity contribution is -0.120. The van der Waals surface area contributed by atoms with Gasteiger partial charge in [0.15, 0.2) is 0 Å². The molecule has 0 aromatic carbocycles. The molecule has 0 aliphatic heterocycles. The molecule has 1 N–H and O–H groups in total. The fraction of sp³-hybridized carbons (Fsp3) is 0.600. The molecule has 4 heteroatoms. The van der Waals surface area contributed by atoms with Crippen LogP contribution in [0.3, 0.4) is 0 Å². The lowest BCUT2D eigenvalue weighted by Gasteiger charge is -2.02. The maximum Gasteiger partial charge on any atom is 0.219 e. The Balaban J connectivity index is 2.42. The maximum absolute atomic E-state index is 11.0. The van der Waals surface area contributed by atoms with E-state index in [-0.39, 0.29) is 5.91 Å². The Kier molecular flexibility index (Phi) is 3.68. The smallest absolute Gasteiger partial charge is 0.219 e. The Morgan fingerprint density at radius 2 is 2.21 bits per heavy atom. The predicted molar refractivity (Wildman–Crippen MR) is 53.0 cm³/mol. The number of aryl methyl sites for hydroxylation is 2. The number of amides is 1. The molecule has 1 aromatic heterocycles. The second-order valence-corrected chi connectivity index (χ2v) is 3.26. The van der Waals surface area contributed by atoms with E-state index in [9.17, 15) is 4.79 Å². The molecule has 0 saturated heterocycles. The Hall–Kier alpha value is -1.32. The quantitative estimate of drug-likeness (QED) is 0.791. The van der Waals surface area contributed by atoms with Crippen LogP contribution in [-0.2, 0) is 11.2 Å². The van der Waals surface area contributed by atoms with Gasteiger partial charge in [-0.3, -0.25) is 4.79 Å². The van der Waals surface area contributed by atoms with E-state index >= 15 is 0 Å². The summed E-state index contributed by atoms with van der Waals surface area (Å²) < 4.78 is 5.02. The molecule has 0 aliphatic carbocycles. The summed E-state index contributed by atoms with van der Waals surface area (Å²) in [6.07, 6.45) is 1.31. The summed E-state index contributed by atoms with van der Waals surface area (Å²) in [5, 5.41) is 6.66. The Morgan fingerprint density at radius 3 is 2.71 bits per heavy atom. The molecule has 14 heavy (non-hydrogen) atoms. The van der Waals surface area contributed by atoms with Crippen LogP contribution in [0, 0.1) is 13.8 Å². The predicted octanol–water partition coefficient (Wildman–Crippen LogP) is 1.36. The van der Waals surface area contributed by atoms with Crippen LogP contribution in [0.15, 0.2) is 4.52 Å². The third-order valence-electron chi connectivity index (χ3n) is 2.20. The number of hydrogen-bond donors (Lipinski definition) is 1. The zero-order chi connectivity index (χ0) is 10.6. The minimum absolute atomic E-state index is 0.0803. The van der Waals surface area contributed by atoms with Crippen molar-refractivity contribution in [2.45, 2.75) is 33.6 Å². The first-order chi connectivity index (χ1) is 6.65. The first kappa shape index (κ1) is 10.8. The summed E-state index contributed by atoms with van der Waals surface area (Å²) in [4.78, 5) is 11.0. The molecular weight excluding hydrogens is 180 g/mol. The number of hydrogen-bond acceptors (Lipinski definition) is 3. The van der Waals surface area contributed by atoms with Gasteiger partial charge in [0, 0.05) is 18.5 Å². The molecule has 1 amide bonds. The number of nitrogens with zero attached hydrogens (tertiary/aromatic N) is 1. The number of nitrogens with one attached hydrogen (secondary N) is 1. The van der Waals surface area contributed by atoms with Gasteiger partial charge in [-0.2, -0.15) is 0 Å². The summed E-state index contributed by atoms with van der Waals surface area (Å²) >= 11 is 0. The fourth-order valence-electron chi connectivity index (χ4n) is 1.31. The molecule has 0 spiro atoms. The Morgan fingerprint density at radius 1 is 1.50 bits per heavy atom. The van der Waals surface area contributed by atoms with Crippen molar-refractivity contribution >= 4 is 5.91 Å². The molecule has 1 rings (SSSR count). The highest BCUT2D eigenvalue weighted by atomic mass is 16.5. The van der Waals surface area contributed by atoms with Gasteiger partial charge in [0.05, 0.1) is 5.69 Å². The summed E-state index contributed by atoms with van der Waals surface area (Å²) in [6.45, 7) is 6.28. The van der Waals surface area contributed by atoms with Crippen molar-refractivity contribution in [2.75, 3.05) is 6.54 Å². The van der Waals surface area contributed by atoms with Crippen LogP contribution in [0.1, 0.15) is 30.4 Å². The van der Waals surface area contributed by atoms with Crippen molar-refractivity contribution < 1.29 is 9.32 Å². The second kappa shape index (κ2) is 4.79. The van der Waals surface area contributed by atoms with Gasteiger partial charge < -0.3 is 9.84 Å². The first-order valence-electron chi connectivity index (χ1n) is 4.83. The molecular formula is C10H16N2O2. The number of carbonyl (C=O) groups is 1. The van der Waals surface area contributed by atoms with E-state index in [4.69, 9.17) is 4.52 Å². The van der Waals surface area contributed by atoms with Crippen LogP contribution in [0.25, 0.3) is 0 Å². The van der Waals surface area contributed by atoms with E-state index in [0.717, 1.165) is 23.4 Å². The van der Waals surface area contributed by atoms with Gasteiger partial charge in [0.1, 0.15) is 5.76 Å². The summed E-state index contributed by atoms with van der Waals surface area (Å²) in [5.74, 6) is 0.921. The average Bonchev–Trinajstić information content (AvgIpc) is 2.48. The van der Waals surface area contributed by atoms with Gasteiger partial charge in [0.25, 0.3) is 0 Å². The van der Waals surface area contributed by atoms with Gasteiger partial charge in [0.2, 0.25) is 5.91 Å². The summed E-state index contributed by atoms with van der Waals surface area (Å²) in [7, 11) is 0. The van der Waals surface area contributed by atoms with E-state index in [1.807, 2.05) is 20.8 Å². The molecule has 0 fully saturated rings. The maximum atomic E-state index is 11.0. The van der Waals surface area contributed by atoms with E-state index in [2.05, 4.69) is 10.5 Å². The standard InChI is InChI=1S/C10H16N2O2/c1-4-10(13)11-6-5-9-7(2)12-14-8(9)3/h4-6H2,1-3H3,(H,11,13). The zero-order valence-electron chi connectivity index (χ0n) is 8.89. The molecule has 0 unspecified atom stereocenters. The SMILES string of the molecule is CCC(=O)NCCc1c(C)noc1C. The normalized spacial score (nSPS) is 10.2. The van der Waals surface area contributed by atoms with Crippen LogP contribution in [-0.4, -0.2) is 17.6 Å². The van der Waals surface area contributed by atoms with Crippen LogP contribution < -0.4 is 5.32 Å². The Bertz CT molecular complexity index is 298. The fourth-order valence-corrected chi connectivity index (χ4v) is 1.31. The molecule has 0 bridgehead atoms. The topological polar surface area (TPSA) is 55.1 Å². The van der Waals surface area contributed by atoms with Crippen molar-refractivity contribution in [1.82, 2.24) is 10.5 Å². The second-order valence-electron chi connectivity index (χ2n) is 3.26. The molecule has 78 valence electrons. The largest absolute Gasteiger partial charge is 0.361 e. The van der Waals surface area contributed by atoms with Crippen molar-refractivity contribution in [3.8, 4) is 0 Å². The van der Waals surface area contributed by atoms with Crippen molar-refractivity contribution in [1.29, 1.82) is 0 Å². The van der Waals surface area contributed by atoms with E-state index < -0.39 is 0 Å². The minimum atomic E-state index is 0.0803. The van der Waals surface area contributed by atoms with Crippen LogP contribution in [0.2, 0.25) is 0 Å². The molecule has 0 atom stereocenters. The lowest BCUT2D eigenvalue weighted by Crippen LogP contribution is -2.24. The highest BCUT2D eigenvalue weighted by Crippen LogP contribution is 2.11. The van der Waals surface area contributed by atoms with Crippen LogP contribution >= 0.6 is 0 Å². The van der Waals surface area contributed by atoms with E-state index in [1.54, 1.807) is 0 Å². The molecule has 1 aromatic rings. The molecule has 0 radical (unpaired) electrons. The average molecular weight is 196 g/mol. The third-order valence-corrected chi connectivity index (χ3v) is 2.20. The molecule has 0 saturated carbocycles. The van der Waals surface area contributed by atoms with Gasteiger partial charge in [-0.25, -0.2) is 0 Å².